The van der Waals surface area contributed by atoms with Gasteiger partial charge >= 0.3 is 0 Å². The fourth-order valence-electron chi connectivity index (χ4n) is 3.07. The number of hydrogen-bond acceptors (Lipinski definition) is 6. The van der Waals surface area contributed by atoms with E-state index in [-0.39, 0.29) is 16.7 Å². The Morgan fingerprint density at radius 2 is 1.75 bits per heavy atom. The van der Waals surface area contributed by atoms with Crippen molar-refractivity contribution in [3.05, 3.63) is 42.6 Å². The summed E-state index contributed by atoms with van der Waals surface area (Å²) in [5.74, 6) is 0.690. The number of anilines is 1. The number of methoxy groups -OCH3 is 2. The number of aromatic nitrogens is 1. The lowest BCUT2D eigenvalue weighted by atomic mass is 9.97. The molecule has 1 saturated heterocycles. The highest BCUT2D eigenvalue weighted by molar-refractivity contribution is 7.89. The van der Waals surface area contributed by atoms with Gasteiger partial charge in [0.1, 0.15) is 5.75 Å². The number of ether oxygens (including phenoxy) is 2. The topological polar surface area (TPSA) is 97.8 Å². The monoisotopic (exact) mass is 405 g/mol. The van der Waals surface area contributed by atoms with Crippen LogP contribution in [0.1, 0.15) is 12.8 Å². The number of pyridine rings is 1. The van der Waals surface area contributed by atoms with Crippen molar-refractivity contribution in [3.8, 4) is 11.6 Å². The molecule has 150 valence electrons. The maximum Gasteiger partial charge on any atom is 0.243 e. The Hall–Kier alpha value is -2.65. The van der Waals surface area contributed by atoms with Gasteiger partial charge in [0.25, 0.3) is 0 Å². The second-order valence-electron chi connectivity index (χ2n) is 6.43. The van der Waals surface area contributed by atoms with E-state index in [1.54, 1.807) is 24.3 Å². The van der Waals surface area contributed by atoms with E-state index in [9.17, 15) is 13.2 Å². The zero-order valence-corrected chi connectivity index (χ0v) is 16.6. The number of nitrogens with one attached hydrogen (secondary N) is 1. The van der Waals surface area contributed by atoms with Crippen molar-refractivity contribution in [1.82, 2.24) is 9.29 Å². The molecular weight excluding hydrogens is 382 g/mol. The molecule has 1 aliphatic rings. The number of carbonyl (C=O) groups is 1. The summed E-state index contributed by atoms with van der Waals surface area (Å²) < 4.78 is 37.0. The third-order valence-corrected chi connectivity index (χ3v) is 6.65. The quantitative estimate of drug-likeness (QED) is 0.791. The van der Waals surface area contributed by atoms with Gasteiger partial charge < -0.3 is 14.8 Å². The molecule has 0 spiro atoms. The number of carbonyl (C=O) groups excluding carboxylic acids is 1. The molecule has 1 aromatic heterocycles. The molecule has 0 saturated carbocycles. The Morgan fingerprint density at radius 1 is 1.07 bits per heavy atom. The fraction of sp³-hybridized carbons (Fsp3) is 0.368. The number of sulfonamides is 1. The third kappa shape index (κ3) is 4.42. The average molecular weight is 405 g/mol. The highest BCUT2D eigenvalue weighted by atomic mass is 32.2. The lowest BCUT2D eigenvalue weighted by Gasteiger charge is -2.30. The minimum Gasteiger partial charge on any atom is -0.497 e. The number of benzene rings is 1. The largest absolute Gasteiger partial charge is 0.497 e. The standard InChI is InChI=1S/C19H23N3O5S/c1-26-16-4-6-17(7-5-16)28(24,25)22-11-9-14(10-12-22)19(23)21-15-3-8-18(27-2)20-13-15/h3-8,13-14H,9-12H2,1-2H3,(H,21,23). The van der Waals surface area contributed by atoms with Crippen LogP contribution in [-0.2, 0) is 14.8 Å². The van der Waals surface area contributed by atoms with Crippen LogP contribution in [0.15, 0.2) is 47.5 Å². The van der Waals surface area contributed by atoms with Crippen molar-refractivity contribution in [2.24, 2.45) is 5.92 Å². The first-order chi connectivity index (χ1) is 13.4. The molecule has 1 amide bonds. The van der Waals surface area contributed by atoms with Gasteiger partial charge in [-0.15, -0.1) is 0 Å². The average Bonchev–Trinajstić information content (AvgIpc) is 2.74. The second kappa shape index (κ2) is 8.57. The molecule has 2 aromatic rings. The highest BCUT2D eigenvalue weighted by Crippen LogP contribution is 2.26. The van der Waals surface area contributed by atoms with Gasteiger partial charge in [0.2, 0.25) is 21.8 Å². The number of piperidine rings is 1. The van der Waals surface area contributed by atoms with Crippen molar-refractivity contribution in [1.29, 1.82) is 0 Å². The van der Waals surface area contributed by atoms with E-state index in [1.165, 1.54) is 36.9 Å². The van der Waals surface area contributed by atoms with Gasteiger partial charge in [-0.2, -0.15) is 4.31 Å². The van der Waals surface area contributed by atoms with Crippen LogP contribution in [-0.4, -0.2) is 50.9 Å². The molecule has 1 N–H and O–H groups in total. The molecule has 8 nitrogen and oxygen atoms in total. The predicted molar refractivity (Wildman–Crippen MR) is 104 cm³/mol. The Labute approximate surface area is 164 Å². The van der Waals surface area contributed by atoms with Gasteiger partial charge in [-0.25, -0.2) is 13.4 Å². The van der Waals surface area contributed by atoms with Gasteiger partial charge in [0.15, 0.2) is 0 Å². The van der Waals surface area contributed by atoms with Gasteiger partial charge in [-0.3, -0.25) is 4.79 Å². The lowest BCUT2D eigenvalue weighted by molar-refractivity contribution is -0.120. The maximum absolute atomic E-state index is 12.8. The van der Waals surface area contributed by atoms with Crippen LogP contribution in [0.4, 0.5) is 5.69 Å². The molecule has 2 heterocycles. The summed E-state index contributed by atoms with van der Waals surface area (Å²) in [5, 5.41) is 2.82. The Balaban J connectivity index is 1.58. The van der Waals surface area contributed by atoms with Crippen LogP contribution in [0.2, 0.25) is 0 Å². The summed E-state index contributed by atoms with van der Waals surface area (Å²) >= 11 is 0. The zero-order chi connectivity index (χ0) is 20.1. The van der Waals surface area contributed by atoms with Crippen molar-refractivity contribution in [2.75, 3.05) is 32.6 Å². The summed E-state index contributed by atoms with van der Waals surface area (Å²) in [4.78, 5) is 16.7. The second-order valence-corrected chi connectivity index (χ2v) is 8.37. The molecule has 0 atom stereocenters. The van der Waals surface area contributed by atoms with Crippen LogP contribution in [0.5, 0.6) is 11.6 Å². The molecule has 0 radical (unpaired) electrons. The van der Waals surface area contributed by atoms with E-state index in [0.717, 1.165) is 0 Å². The molecule has 1 aromatic carbocycles. The predicted octanol–water partition coefficient (Wildman–Crippen LogP) is 2.14. The summed E-state index contributed by atoms with van der Waals surface area (Å²) in [7, 11) is -0.529. The molecule has 3 rings (SSSR count). The minimum absolute atomic E-state index is 0.131. The molecule has 1 aliphatic heterocycles. The summed E-state index contributed by atoms with van der Waals surface area (Å²) in [6, 6.07) is 9.69. The Bertz CT molecular complexity index is 906. The Morgan fingerprint density at radius 3 is 2.29 bits per heavy atom. The molecule has 0 aliphatic carbocycles. The number of hydrogen-bond donors (Lipinski definition) is 1. The summed E-state index contributed by atoms with van der Waals surface area (Å²) in [6.45, 7) is 0.598. The van der Waals surface area contributed by atoms with Gasteiger partial charge in [0.05, 0.1) is 31.0 Å². The van der Waals surface area contributed by atoms with Gasteiger partial charge in [-0.05, 0) is 43.2 Å². The molecule has 9 heteroatoms. The van der Waals surface area contributed by atoms with Crippen molar-refractivity contribution in [2.45, 2.75) is 17.7 Å². The van der Waals surface area contributed by atoms with Gasteiger partial charge in [-0.1, -0.05) is 0 Å². The third-order valence-electron chi connectivity index (χ3n) is 4.73. The van der Waals surface area contributed by atoms with Crippen LogP contribution >= 0.6 is 0 Å². The maximum atomic E-state index is 12.8. The summed E-state index contributed by atoms with van der Waals surface area (Å²) in [6.07, 6.45) is 2.45. The molecule has 1 fully saturated rings. The molecular formula is C19H23N3O5S. The Kier molecular flexibility index (Phi) is 6.15. The number of nitrogens with zero attached hydrogens (tertiary/aromatic N) is 2. The van der Waals surface area contributed by atoms with E-state index >= 15 is 0 Å². The SMILES string of the molecule is COc1ccc(S(=O)(=O)N2CCC(C(=O)Nc3ccc(OC)nc3)CC2)cc1. The fourth-order valence-corrected chi connectivity index (χ4v) is 4.54. The van der Waals surface area contributed by atoms with Crippen LogP contribution < -0.4 is 14.8 Å². The number of rotatable bonds is 6. The first-order valence-electron chi connectivity index (χ1n) is 8.89. The van der Waals surface area contributed by atoms with Crippen molar-refractivity contribution < 1.29 is 22.7 Å². The molecule has 0 bridgehead atoms. The molecule has 28 heavy (non-hydrogen) atoms. The van der Waals surface area contributed by atoms with E-state index in [2.05, 4.69) is 10.3 Å². The lowest BCUT2D eigenvalue weighted by Crippen LogP contribution is -2.41. The minimum atomic E-state index is -3.58. The first kappa shape index (κ1) is 20.1. The van der Waals surface area contributed by atoms with Crippen LogP contribution in [0, 0.1) is 5.92 Å². The van der Waals surface area contributed by atoms with E-state index in [1.807, 2.05) is 0 Å². The van der Waals surface area contributed by atoms with E-state index in [4.69, 9.17) is 9.47 Å². The summed E-state index contributed by atoms with van der Waals surface area (Å²) in [5.41, 5.74) is 0.582. The van der Waals surface area contributed by atoms with Gasteiger partial charge in [0, 0.05) is 25.1 Å². The molecule has 0 unspecified atom stereocenters. The first-order valence-corrected chi connectivity index (χ1v) is 10.3. The number of amides is 1. The van der Waals surface area contributed by atoms with Crippen molar-refractivity contribution in [3.63, 3.8) is 0 Å². The highest BCUT2D eigenvalue weighted by Gasteiger charge is 2.32. The van der Waals surface area contributed by atoms with E-state index < -0.39 is 10.0 Å². The zero-order valence-electron chi connectivity index (χ0n) is 15.8. The van der Waals surface area contributed by atoms with Crippen LogP contribution in [0.25, 0.3) is 0 Å². The normalized spacial score (nSPS) is 15.8. The smallest absolute Gasteiger partial charge is 0.243 e. The van der Waals surface area contributed by atoms with Crippen LogP contribution in [0.3, 0.4) is 0 Å². The van der Waals surface area contributed by atoms with E-state index in [0.29, 0.717) is 43.2 Å². The van der Waals surface area contributed by atoms with Crippen molar-refractivity contribution >= 4 is 21.6 Å².